The number of hydrogen-bond donors (Lipinski definition) is 0. The molecular formula is C14H23NO. The van der Waals surface area contributed by atoms with Crippen LogP contribution in [0.3, 0.4) is 0 Å². The van der Waals surface area contributed by atoms with E-state index in [2.05, 4.69) is 18.7 Å². The summed E-state index contributed by atoms with van der Waals surface area (Å²) in [5.74, 6) is 0.327. The van der Waals surface area contributed by atoms with Gasteiger partial charge in [-0.15, -0.1) is 6.58 Å². The monoisotopic (exact) mass is 221 g/mol. The molecule has 0 unspecified atom stereocenters. The molecule has 0 aromatic heterocycles. The molecule has 16 heavy (non-hydrogen) atoms. The van der Waals surface area contributed by atoms with Gasteiger partial charge < -0.3 is 4.90 Å². The van der Waals surface area contributed by atoms with Gasteiger partial charge in [0.05, 0.1) is 0 Å². The van der Waals surface area contributed by atoms with Crippen molar-refractivity contribution in [1.29, 1.82) is 0 Å². The van der Waals surface area contributed by atoms with Gasteiger partial charge in [-0.3, -0.25) is 4.79 Å². The molecule has 0 saturated carbocycles. The molecule has 90 valence electrons. The van der Waals surface area contributed by atoms with Gasteiger partial charge in [-0.05, 0) is 32.1 Å². The molecule has 1 aliphatic rings. The number of likely N-dealkylation sites (tertiary alicyclic amines) is 1. The Hall–Kier alpha value is -1.05. The lowest BCUT2D eigenvalue weighted by molar-refractivity contribution is -0.130. The zero-order valence-corrected chi connectivity index (χ0v) is 10.2. The summed E-state index contributed by atoms with van der Waals surface area (Å²) in [5.41, 5.74) is 0. The molecule has 0 spiro atoms. The van der Waals surface area contributed by atoms with Crippen molar-refractivity contribution in [3.63, 3.8) is 0 Å². The number of amides is 1. The molecular weight excluding hydrogens is 198 g/mol. The van der Waals surface area contributed by atoms with Gasteiger partial charge in [0.1, 0.15) is 0 Å². The Morgan fingerprint density at radius 3 is 2.88 bits per heavy atom. The first-order chi connectivity index (χ1) is 7.84. The van der Waals surface area contributed by atoms with E-state index in [1.165, 1.54) is 6.42 Å². The van der Waals surface area contributed by atoms with Crippen LogP contribution in [0.4, 0.5) is 0 Å². The fourth-order valence-electron chi connectivity index (χ4n) is 1.93. The fraction of sp³-hybridized carbons (Fsp3) is 0.643. The summed E-state index contributed by atoms with van der Waals surface area (Å²) in [6.07, 6.45) is 13.8. The molecule has 0 aliphatic carbocycles. The number of allylic oxidation sites excluding steroid dienone is 2. The largest absolute Gasteiger partial charge is 0.339 e. The minimum absolute atomic E-state index is 0.327. The summed E-state index contributed by atoms with van der Waals surface area (Å²) in [5, 5.41) is 0. The van der Waals surface area contributed by atoms with Crippen LogP contribution in [0.15, 0.2) is 24.8 Å². The molecule has 0 aromatic carbocycles. The molecule has 1 heterocycles. The fourth-order valence-corrected chi connectivity index (χ4v) is 1.93. The third-order valence-electron chi connectivity index (χ3n) is 2.94. The zero-order chi connectivity index (χ0) is 11.6. The van der Waals surface area contributed by atoms with Crippen LogP contribution < -0.4 is 0 Å². The van der Waals surface area contributed by atoms with Crippen molar-refractivity contribution in [2.75, 3.05) is 13.1 Å². The van der Waals surface area contributed by atoms with E-state index in [-0.39, 0.29) is 0 Å². The lowest BCUT2D eigenvalue weighted by Crippen LogP contribution is -2.30. The quantitative estimate of drug-likeness (QED) is 0.498. The number of carbonyl (C=O) groups is 1. The van der Waals surface area contributed by atoms with Gasteiger partial charge >= 0.3 is 0 Å². The van der Waals surface area contributed by atoms with Crippen LogP contribution in [0.1, 0.15) is 44.9 Å². The lowest BCUT2D eigenvalue weighted by atomic mass is 10.2. The number of carbonyl (C=O) groups excluding carboxylic acids is 1. The molecule has 2 heteroatoms. The first-order valence-corrected chi connectivity index (χ1v) is 6.38. The normalized spacial score (nSPS) is 17.8. The van der Waals surface area contributed by atoms with E-state index in [4.69, 9.17) is 0 Å². The maximum absolute atomic E-state index is 11.7. The second kappa shape index (κ2) is 8.14. The molecule has 1 fully saturated rings. The van der Waals surface area contributed by atoms with Crippen LogP contribution in [0.25, 0.3) is 0 Å². The van der Waals surface area contributed by atoms with E-state index < -0.39 is 0 Å². The second-order valence-electron chi connectivity index (χ2n) is 4.34. The topological polar surface area (TPSA) is 20.3 Å². The molecule has 0 N–H and O–H groups in total. The van der Waals surface area contributed by atoms with Crippen LogP contribution >= 0.6 is 0 Å². The number of rotatable bonds is 6. The van der Waals surface area contributed by atoms with E-state index in [1.54, 1.807) is 0 Å². The summed E-state index contributed by atoms with van der Waals surface area (Å²) in [6.45, 7) is 5.43. The van der Waals surface area contributed by atoms with E-state index in [0.29, 0.717) is 5.91 Å². The second-order valence-corrected chi connectivity index (χ2v) is 4.34. The van der Waals surface area contributed by atoms with Crippen molar-refractivity contribution in [2.24, 2.45) is 0 Å². The van der Waals surface area contributed by atoms with Crippen molar-refractivity contribution in [2.45, 2.75) is 44.9 Å². The average Bonchev–Trinajstić information content (AvgIpc) is 2.49. The highest BCUT2D eigenvalue weighted by Gasteiger charge is 2.14. The zero-order valence-electron chi connectivity index (χ0n) is 10.2. The average molecular weight is 221 g/mol. The van der Waals surface area contributed by atoms with Crippen LogP contribution in [-0.2, 0) is 4.79 Å². The predicted octanol–water partition coefficient (Wildman–Crippen LogP) is 3.30. The molecule has 1 aliphatic heterocycles. The Kier molecular flexibility index (Phi) is 6.62. The Bertz CT molecular complexity index is 245. The highest BCUT2D eigenvalue weighted by molar-refractivity contribution is 5.76. The maximum atomic E-state index is 11.7. The number of nitrogens with zero attached hydrogens (tertiary/aromatic N) is 1. The third-order valence-corrected chi connectivity index (χ3v) is 2.94. The van der Waals surface area contributed by atoms with Crippen LogP contribution in [0.2, 0.25) is 0 Å². The van der Waals surface area contributed by atoms with Crippen molar-refractivity contribution >= 4 is 5.91 Å². The van der Waals surface area contributed by atoms with E-state index in [0.717, 1.165) is 51.6 Å². The van der Waals surface area contributed by atoms with Crippen LogP contribution in [-0.4, -0.2) is 23.9 Å². The van der Waals surface area contributed by atoms with Crippen LogP contribution in [0, 0.1) is 0 Å². The molecule has 0 aromatic rings. The number of unbranched alkanes of at least 4 members (excludes halogenated alkanes) is 2. The minimum Gasteiger partial charge on any atom is -0.339 e. The molecule has 2 nitrogen and oxygen atoms in total. The minimum atomic E-state index is 0.327. The molecule has 1 amide bonds. The van der Waals surface area contributed by atoms with Gasteiger partial charge in [0, 0.05) is 19.5 Å². The predicted molar refractivity (Wildman–Crippen MR) is 68.2 cm³/mol. The maximum Gasteiger partial charge on any atom is 0.222 e. The summed E-state index contributed by atoms with van der Waals surface area (Å²) in [7, 11) is 0. The summed E-state index contributed by atoms with van der Waals surface area (Å²) in [6, 6.07) is 0. The van der Waals surface area contributed by atoms with E-state index >= 15 is 0 Å². The molecule has 0 radical (unpaired) electrons. The Balaban J connectivity index is 2.19. The smallest absolute Gasteiger partial charge is 0.222 e. The summed E-state index contributed by atoms with van der Waals surface area (Å²) >= 11 is 0. The third kappa shape index (κ3) is 5.15. The molecule has 1 rings (SSSR count). The van der Waals surface area contributed by atoms with Crippen molar-refractivity contribution in [1.82, 2.24) is 4.90 Å². The van der Waals surface area contributed by atoms with Crippen LogP contribution in [0.5, 0.6) is 0 Å². The van der Waals surface area contributed by atoms with Gasteiger partial charge in [0.15, 0.2) is 0 Å². The van der Waals surface area contributed by atoms with Gasteiger partial charge in [0.25, 0.3) is 0 Å². The summed E-state index contributed by atoms with van der Waals surface area (Å²) < 4.78 is 0. The van der Waals surface area contributed by atoms with Gasteiger partial charge in [-0.25, -0.2) is 0 Å². The Labute approximate surface area is 99.0 Å². The highest BCUT2D eigenvalue weighted by Crippen LogP contribution is 2.10. The van der Waals surface area contributed by atoms with Crippen molar-refractivity contribution in [3.05, 3.63) is 24.8 Å². The van der Waals surface area contributed by atoms with Gasteiger partial charge in [-0.1, -0.05) is 24.6 Å². The first kappa shape index (κ1) is 13.0. The Morgan fingerprint density at radius 2 is 2.06 bits per heavy atom. The van der Waals surface area contributed by atoms with E-state index in [9.17, 15) is 4.79 Å². The van der Waals surface area contributed by atoms with Gasteiger partial charge in [-0.2, -0.15) is 0 Å². The summed E-state index contributed by atoms with van der Waals surface area (Å²) in [4.78, 5) is 13.6. The van der Waals surface area contributed by atoms with Gasteiger partial charge in [0.2, 0.25) is 5.91 Å². The first-order valence-electron chi connectivity index (χ1n) is 6.38. The SMILES string of the molecule is C=CCCCC=CCN1CCCCCC1=O. The molecule has 0 bridgehead atoms. The van der Waals surface area contributed by atoms with E-state index in [1.807, 2.05) is 11.0 Å². The Morgan fingerprint density at radius 1 is 1.19 bits per heavy atom. The molecule has 0 atom stereocenters. The lowest BCUT2D eigenvalue weighted by Gasteiger charge is -2.18. The molecule has 1 saturated heterocycles. The van der Waals surface area contributed by atoms with Crippen molar-refractivity contribution in [3.8, 4) is 0 Å². The highest BCUT2D eigenvalue weighted by atomic mass is 16.2. The standard InChI is InChI=1S/C14H23NO/c1-2-3-4-5-6-9-12-15-13-10-7-8-11-14(15)16/h2,6,9H,1,3-5,7-8,10-13H2. The number of hydrogen-bond acceptors (Lipinski definition) is 1. The van der Waals surface area contributed by atoms with Crippen molar-refractivity contribution < 1.29 is 4.79 Å².